The van der Waals surface area contributed by atoms with Gasteiger partial charge in [0, 0.05) is 20.4 Å². The van der Waals surface area contributed by atoms with Crippen LogP contribution < -0.4 is 10.1 Å². The first-order valence-electron chi connectivity index (χ1n) is 5.62. The summed E-state index contributed by atoms with van der Waals surface area (Å²) in [5.74, 6) is 0.388. The van der Waals surface area contributed by atoms with E-state index in [0.29, 0.717) is 18.2 Å². The zero-order valence-corrected chi connectivity index (χ0v) is 11.1. The molecule has 6 nitrogen and oxygen atoms in total. The van der Waals surface area contributed by atoms with E-state index in [-0.39, 0.29) is 12.1 Å². The van der Waals surface area contributed by atoms with Gasteiger partial charge in [0.2, 0.25) is 5.88 Å². The Kier molecular flexibility index (Phi) is 5.38. The molecule has 0 aliphatic carbocycles. The molecule has 0 aliphatic rings. The molecule has 1 rings (SSSR count). The molecule has 6 heteroatoms. The van der Waals surface area contributed by atoms with Crippen molar-refractivity contribution in [1.82, 2.24) is 9.88 Å². The number of anilines is 1. The topological polar surface area (TPSA) is 63.7 Å². The summed E-state index contributed by atoms with van der Waals surface area (Å²) in [6.45, 7) is 2.39. The Labute approximate surface area is 107 Å². The Bertz CT molecular complexity index is 398. The largest absolute Gasteiger partial charge is 0.480 e. The average molecular weight is 253 g/mol. The van der Waals surface area contributed by atoms with E-state index >= 15 is 0 Å². The standard InChI is InChI=1S/C12H19N3O3/c1-9(8-17-3)15(2)12(16)14-10-6-5-7-13-11(10)18-4/h5-7,9H,8H2,1-4H3,(H,14,16)/t9-/m1/s1. The highest BCUT2D eigenvalue weighted by atomic mass is 16.5. The van der Waals surface area contributed by atoms with Gasteiger partial charge in [-0.15, -0.1) is 0 Å². The molecule has 0 bridgehead atoms. The highest BCUT2D eigenvalue weighted by Gasteiger charge is 2.17. The van der Waals surface area contributed by atoms with Gasteiger partial charge in [-0.1, -0.05) is 0 Å². The molecule has 0 radical (unpaired) electrons. The normalized spacial score (nSPS) is 11.8. The van der Waals surface area contributed by atoms with E-state index in [1.165, 1.54) is 7.11 Å². The first-order valence-corrected chi connectivity index (χ1v) is 5.62. The van der Waals surface area contributed by atoms with Crippen molar-refractivity contribution in [2.75, 3.05) is 33.2 Å². The second-order valence-corrected chi connectivity index (χ2v) is 3.91. The third-order valence-corrected chi connectivity index (χ3v) is 2.60. The molecule has 1 atom stereocenters. The average Bonchev–Trinajstić information content (AvgIpc) is 2.38. The number of urea groups is 1. The van der Waals surface area contributed by atoms with E-state index in [2.05, 4.69) is 10.3 Å². The van der Waals surface area contributed by atoms with Gasteiger partial charge < -0.3 is 19.7 Å². The van der Waals surface area contributed by atoms with Gasteiger partial charge >= 0.3 is 6.03 Å². The van der Waals surface area contributed by atoms with Crippen molar-refractivity contribution in [2.45, 2.75) is 13.0 Å². The number of hydrogen-bond acceptors (Lipinski definition) is 4. The summed E-state index contributed by atoms with van der Waals surface area (Å²) in [7, 11) is 4.82. The van der Waals surface area contributed by atoms with Crippen molar-refractivity contribution in [3.8, 4) is 5.88 Å². The predicted molar refractivity (Wildman–Crippen MR) is 68.9 cm³/mol. The quantitative estimate of drug-likeness (QED) is 0.865. The van der Waals surface area contributed by atoms with Crippen molar-refractivity contribution in [3.63, 3.8) is 0 Å². The van der Waals surface area contributed by atoms with Crippen molar-refractivity contribution in [1.29, 1.82) is 0 Å². The number of carbonyl (C=O) groups is 1. The molecule has 0 saturated heterocycles. The third kappa shape index (κ3) is 3.59. The van der Waals surface area contributed by atoms with E-state index < -0.39 is 0 Å². The van der Waals surface area contributed by atoms with Crippen LogP contribution in [0, 0.1) is 0 Å². The lowest BCUT2D eigenvalue weighted by Crippen LogP contribution is -2.40. The molecule has 18 heavy (non-hydrogen) atoms. The van der Waals surface area contributed by atoms with Gasteiger partial charge in [-0.3, -0.25) is 0 Å². The van der Waals surface area contributed by atoms with E-state index in [0.717, 1.165) is 0 Å². The number of likely N-dealkylation sites (N-methyl/N-ethyl adjacent to an activating group) is 1. The SMILES string of the molecule is COC[C@@H](C)N(C)C(=O)Nc1cccnc1OC. The van der Waals surface area contributed by atoms with Crippen LogP contribution in [0.25, 0.3) is 0 Å². The van der Waals surface area contributed by atoms with Crippen LogP contribution in [0.5, 0.6) is 5.88 Å². The fraction of sp³-hybridized carbons (Fsp3) is 0.500. The van der Waals surface area contributed by atoms with E-state index in [9.17, 15) is 4.79 Å². The monoisotopic (exact) mass is 253 g/mol. The highest BCUT2D eigenvalue weighted by Crippen LogP contribution is 2.20. The molecule has 0 spiro atoms. The van der Waals surface area contributed by atoms with E-state index in [1.807, 2.05) is 6.92 Å². The van der Waals surface area contributed by atoms with Crippen LogP contribution in [0.1, 0.15) is 6.92 Å². The number of nitrogens with one attached hydrogen (secondary N) is 1. The van der Waals surface area contributed by atoms with Gasteiger partial charge in [0.15, 0.2) is 0 Å². The lowest BCUT2D eigenvalue weighted by Gasteiger charge is -2.24. The number of pyridine rings is 1. The highest BCUT2D eigenvalue weighted by molar-refractivity contribution is 5.90. The maximum absolute atomic E-state index is 12.0. The predicted octanol–water partition coefficient (Wildman–Crippen LogP) is 1.59. The Hall–Kier alpha value is -1.82. The van der Waals surface area contributed by atoms with Crippen LogP contribution in [0.4, 0.5) is 10.5 Å². The number of ether oxygens (including phenoxy) is 2. The molecule has 0 aliphatic heterocycles. The number of carbonyl (C=O) groups excluding carboxylic acids is 1. The molecule has 0 aromatic carbocycles. The van der Waals surface area contributed by atoms with Crippen molar-refractivity contribution in [3.05, 3.63) is 18.3 Å². The van der Waals surface area contributed by atoms with E-state index in [1.54, 1.807) is 37.4 Å². The number of methoxy groups -OCH3 is 2. The Morgan fingerprint density at radius 2 is 2.28 bits per heavy atom. The first kappa shape index (κ1) is 14.2. The second kappa shape index (κ2) is 6.80. The summed E-state index contributed by atoms with van der Waals surface area (Å²) in [6, 6.07) is 3.22. The maximum Gasteiger partial charge on any atom is 0.322 e. The molecule has 0 fully saturated rings. The van der Waals surface area contributed by atoms with Gasteiger partial charge in [-0.25, -0.2) is 9.78 Å². The molecular weight excluding hydrogens is 234 g/mol. The summed E-state index contributed by atoms with van der Waals surface area (Å²) >= 11 is 0. The molecule has 0 unspecified atom stereocenters. The van der Waals surface area contributed by atoms with Crippen LogP contribution in [0.15, 0.2) is 18.3 Å². The van der Waals surface area contributed by atoms with Gasteiger partial charge in [-0.2, -0.15) is 0 Å². The van der Waals surface area contributed by atoms with Crippen molar-refractivity contribution >= 4 is 11.7 Å². The fourth-order valence-electron chi connectivity index (χ4n) is 1.41. The fourth-order valence-corrected chi connectivity index (χ4v) is 1.41. The van der Waals surface area contributed by atoms with Gasteiger partial charge in [-0.05, 0) is 19.1 Å². The van der Waals surface area contributed by atoms with Crippen LogP contribution in [0.2, 0.25) is 0 Å². The minimum atomic E-state index is -0.231. The van der Waals surface area contributed by atoms with E-state index in [4.69, 9.17) is 9.47 Å². The molecule has 100 valence electrons. The van der Waals surface area contributed by atoms with Crippen LogP contribution >= 0.6 is 0 Å². The van der Waals surface area contributed by atoms with Crippen LogP contribution in [-0.2, 0) is 4.74 Å². The second-order valence-electron chi connectivity index (χ2n) is 3.91. The molecule has 1 heterocycles. The number of hydrogen-bond donors (Lipinski definition) is 1. The summed E-state index contributed by atoms with van der Waals surface area (Å²) in [5, 5.41) is 2.74. The Balaban J connectivity index is 2.69. The minimum absolute atomic E-state index is 0.0160. The summed E-state index contributed by atoms with van der Waals surface area (Å²) in [5.41, 5.74) is 0.543. The van der Waals surface area contributed by atoms with Crippen molar-refractivity contribution in [2.24, 2.45) is 0 Å². The number of amides is 2. The molecule has 2 amide bonds. The number of rotatable bonds is 5. The Morgan fingerprint density at radius 3 is 2.89 bits per heavy atom. The summed E-state index contributed by atoms with van der Waals surface area (Å²) in [4.78, 5) is 17.5. The van der Waals surface area contributed by atoms with Gasteiger partial charge in [0.1, 0.15) is 5.69 Å². The summed E-state index contributed by atoms with van der Waals surface area (Å²) in [6.07, 6.45) is 1.60. The lowest BCUT2D eigenvalue weighted by molar-refractivity contribution is 0.128. The molecular formula is C12H19N3O3. The maximum atomic E-state index is 12.0. The smallest absolute Gasteiger partial charge is 0.322 e. The lowest BCUT2D eigenvalue weighted by atomic mass is 10.3. The van der Waals surface area contributed by atoms with Gasteiger partial charge in [0.25, 0.3) is 0 Å². The van der Waals surface area contributed by atoms with Crippen LogP contribution in [-0.4, -0.2) is 49.8 Å². The van der Waals surface area contributed by atoms with Crippen LogP contribution in [0.3, 0.4) is 0 Å². The first-order chi connectivity index (χ1) is 8.60. The zero-order valence-electron chi connectivity index (χ0n) is 11.1. The molecule has 1 aromatic rings. The number of aromatic nitrogens is 1. The summed E-state index contributed by atoms with van der Waals surface area (Å²) < 4.78 is 10.1. The third-order valence-electron chi connectivity index (χ3n) is 2.60. The zero-order chi connectivity index (χ0) is 13.5. The minimum Gasteiger partial charge on any atom is -0.480 e. The van der Waals surface area contributed by atoms with Crippen molar-refractivity contribution < 1.29 is 14.3 Å². The molecule has 0 saturated carbocycles. The molecule has 1 N–H and O–H groups in total. The van der Waals surface area contributed by atoms with Gasteiger partial charge in [0.05, 0.1) is 19.8 Å². The molecule has 1 aromatic heterocycles. The Morgan fingerprint density at radius 1 is 1.56 bits per heavy atom. The number of nitrogens with zero attached hydrogens (tertiary/aromatic N) is 2.